The summed E-state index contributed by atoms with van der Waals surface area (Å²) in [6, 6.07) is 0. The lowest BCUT2D eigenvalue weighted by molar-refractivity contribution is -0.131. The van der Waals surface area contributed by atoms with Gasteiger partial charge in [-0.2, -0.15) is 0 Å². The van der Waals surface area contributed by atoms with Crippen molar-refractivity contribution in [2.45, 2.75) is 26.2 Å². The number of allylic oxidation sites excluding steroid dienone is 3. The first-order chi connectivity index (χ1) is 7.91. The molecule has 0 saturated heterocycles. The van der Waals surface area contributed by atoms with E-state index in [2.05, 4.69) is 13.2 Å². The van der Waals surface area contributed by atoms with Crippen molar-refractivity contribution in [2.75, 3.05) is 0 Å². The van der Waals surface area contributed by atoms with E-state index >= 15 is 0 Å². The molecule has 0 unspecified atom stereocenters. The Morgan fingerprint density at radius 1 is 1.35 bits per heavy atom. The van der Waals surface area contributed by atoms with Crippen LogP contribution in [0.15, 0.2) is 47.7 Å². The van der Waals surface area contributed by atoms with Crippen LogP contribution in [-0.4, -0.2) is 11.1 Å². The molecule has 1 saturated carbocycles. The zero-order valence-electron chi connectivity index (χ0n) is 10.2. The van der Waals surface area contributed by atoms with Crippen molar-refractivity contribution in [1.29, 1.82) is 0 Å². The molecule has 1 rings (SSSR count). The van der Waals surface area contributed by atoms with Gasteiger partial charge in [0.25, 0.3) is 0 Å². The second kappa shape index (κ2) is 5.53. The van der Waals surface area contributed by atoms with Crippen molar-refractivity contribution in [3.63, 3.8) is 0 Å². The second-order valence-corrected chi connectivity index (χ2v) is 4.47. The molecule has 1 aliphatic carbocycles. The van der Waals surface area contributed by atoms with Gasteiger partial charge >= 0.3 is 5.97 Å². The van der Waals surface area contributed by atoms with Gasteiger partial charge in [-0.25, -0.2) is 4.79 Å². The number of hydrogen-bond donors (Lipinski definition) is 2. The summed E-state index contributed by atoms with van der Waals surface area (Å²) in [6.45, 7) is 9.75. The van der Waals surface area contributed by atoms with Crippen LogP contribution in [0, 0.1) is 5.92 Å². The molecule has 0 aromatic carbocycles. The minimum absolute atomic E-state index is 0.000829. The lowest BCUT2D eigenvalue weighted by Crippen LogP contribution is -2.19. The molecule has 1 aliphatic rings. The molecular weight excluding hydrogens is 214 g/mol. The fourth-order valence-corrected chi connectivity index (χ4v) is 2.17. The highest BCUT2D eigenvalue weighted by molar-refractivity contribution is 5.81. The molecule has 17 heavy (non-hydrogen) atoms. The molecule has 0 aromatic heterocycles. The molecule has 0 aromatic rings. The van der Waals surface area contributed by atoms with Crippen LogP contribution < -0.4 is 5.73 Å². The van der Waals surface area contributed by atoms with Gasteiger partial charge < -0.3 is 10.8 Å². The number of nitrogens with two attached hydrogens (primary N) is 1. The molecule has 0 spiro atoms. The number of carboxylic acids is 1. The maximum absolute atomic E-state index is 10.5. The van der Waals surface area contributed by atoms with Crippen LogP contribution in [0.3, 0.4) is 0 Å². The first-order valence-corrected chi connectivity index (χ1v) is 5.65. The van der Waals surface area contributed by atoms with Crippen LogP contribution in [0.4, 0.5) is 0 Å². The molecule has 1 fully saturated rings. The average molecular weight is 233 g/mol. The summed E-state index contributed by atoms with van der Waals surface area (Å²) in [4.78, 5) is 10.5. The van der Waals surface area contributed by atoms with Crippen molar-refractivity contribution >= 4 is 5.97 Å². The van der Waals surface area contributed by atoms with Gasteiger partial charge in [0.2, 0.25) is 0 Å². The normalized spacial score (nSPS) is 19.6. The van der Waals surface area contributed by atoms with E-state index in [9.17, 15) is 4.79 Å². The van der Waals surface area contributed by atoms with E-state index in [4.69, 9.17) is 10.8 Å². The highest BCUT2D eigenvalue weighted by Crippen LogP contribution is 2.35. The predicted octanol–water partition coefficient (Wildman–Crippen LogP) is 2.77. The first-order valence-electron chi connectivity index (χ1n) is 5.65. The molecule has 0 aliphatic heterocycles. The Morgan fingerprint density at radius 2 is 1.88 bits per heavy atom. The fraction of sp³-hybridized carbons (Fsp3) is 0.357. The summed E-state index contributed by atoms with van der Waals surface area (Å²) < 4.78 is 0. The number of hydrogen-bond acceptors (Lipinski definition) is 2. The van der Waals surface area contributed by atoms with Crippen LogP contribution in [0.25, 0.3) is 0 Å². The zero-order valence-corrected chi connectivity index (χ0v) is 10.2. The van der Waals surface area contributed by atoms with E-state index in [1.165, 1.54) is 0 Å². The van der Waals surface area contributed by atoms with Gasteiger partial charge in [-0.05, 0) is 37.8 Å². The Kier molecular flexibility index (Phi) is 4.32. The maximum Gasteiger partial charge on any atom is 0.328 e. The molecule has 0 amide bonds. The Morgan fingerprint density at radius 3 is 2.35 bits per heavy atom. The van der Waals surface area contributed by atoms with Crippen molar-refractivity contribution in [2.24, 2.45) is 11.7 Å². The smallest absolute Gasteiger partial charge is 0.328 e. The summed E-state index contributed by atoms with van der Waals surface area (Å²) in [7, 11) is 0. The van der Waals surface area contributed by atoms with E-state index in [1.54, 1.807) is 13.0 Å². The van der Waals surface area contributed by atoms with Gasteiger partial charge in [-0.1, -0.05) is 24.3 Å². The highest BCUT2D eigenvalue weighted by atomic mass is 16.4. The Balaban J connectivity index is 2.91. The van der Waals surface area contributed by atoms with Gasteiger partial charge in [0.1, 0.15) is 0 Å². The molecule has 3 heteroatoms. The largest absolute Gasteiger partial charge is 0.478 e. The standard InChI is InChI=1S/C14H19NO2/c1-9(8-13(16)17)7-12(15)14-10(2)5-4-6-11(14)3/h7-8,14H,2-6,15H2,1H3,(H,16,17)/b9-8+,12-7-. The molecule has 0 heterocycles. The van der Waals surface area contributed by atoms with Crippen LogP contribution in [0.1, 0.15) is 26.2 Å². The van der Waals surface area contributed by atoms with E-state index in [0.29, 0.717) is 11.3 Å². The SMILES string of the molecule is C=C1CCCC(=C)C1/C(N)=C/C(C)=C/C(=O)O. The minimum Gasteiger partial charge on any atom is -0.478 e. The predicted molar refractivity (Wildman–Crippen MR) is 69.3 cm³/mol. The van der Waals surface area contributed by atoms with E-state index < -0.39 is 5.97 Å². The maximum atomic E-state index is 10.5. The van der Waals surface area contributed by atoms with E-state index in [-0.39, 0.29) is 5.92 Å². The van der Waals surface area contributed by atoms with Crippen molar-refractivity contribution in [3.8, 4) is 0 Å². The van der Waals surface area contributed by atoms with Gasteiger partial charge in [0, 0.05) is 17.7 Å². The Bertz CT molecular complexity index is 400. The number of carboxylic acid groups (broad SMARTS) is 1. The van der Waals surface area contributed by atoms with Gasteiger partial charge in [0.15, 0.2) is 0 Å². The zero-order chi connectivity index (χ0) is 13.0. The molecular formula is C14H19NO2. The van der Waals surface area contributed by atoms with Gasteiger partial charge in [0.05, 0.1) is 0 Å². The lowest BCUT2D eigenvalue weighted by atomic mass is 9.79. The van der Waals surface area contributed by atoms with E-state index in [1.807, 2.05) is 0 Å². The summed E-state index contributed by atoms with van der Waals surface area (Å²) in [5, 5.41) is 8.63. The van der Waals surface area contributed by atoms with Crippen LogP contribution >= 0.6 is 0 Å². The fourth-order valence-electron chi connectivity index (χ4n) is 2.17. The molecule has 0 bridgehead atoms. The highest BCUT2D eigenvalue weighted by Gasteiger charge is 2.22. The Hall–Kier alpha value is -1.77. The van der Waals surface area contributed by atoms with E-state index in [0.717, 1.165) is 36.5 Å². The van der Waals surface area contributed by atoms with Crippen molar-refractivity contribution < 1.29 is 9.90 Å². The molecule has 92 valence electrons. The third kappa shape index (κ3) is 3.63. The summed E-state index contributed by atoms with van der Waals surface area (Å²) >= 11 is 0. The molecule has 0 radical (unpaired) electrons. The summed E-state index contributed by atoms with van der Waals surface area (Å²) in [5.41, 5.74) is 9.41. The minimum atomic E-state index is -0.965. The first kappa shape index (κ1) is 13.3. The van der Waals surface area contributed by atoms with Crippen molar-refractivity contribution in [1.82, 2.24) is 0 Å². The third-order valence-corrected chi connectivity index (χ3v) is 2.89. The average Bonchev–Trinajstić information content (AvgIpc) is 2.15. The third-order valence-electron chi connectivity index (χ3n) is 2.89. The van der Waals surface area contributed by atoms with Gasteiger partial charge in [-0.15, -0.1) is 0 Å². The quantitative estimate of drug-likeness (QED) is 0.447. The second-order valence-electron chi connectivity index (χ2n) is 4.47. The number of carbonyl (C=O) groups is 1. The molecule has 3 N–H and O–H groups in total. The molecule has 3 nitrogen and oxygen atoms in total. The topological polar surface area (TPSA) is 63.3 Å². The number of aliphatic carboxylic acids is 1. The Labute approximate surface area is 102 Å². The van der Waals surface area contributed by atoms with Crippen LogP contribution in [-0.2, 0) is 4.79 Å². The summed E-state index contributed by atoms with van der Waals surface area (Å²) in [6.07, 6.45) is 5.83. The lowest BCUT2D eigenvalue weighted by Gasteiger charge is -2.27. The molecule has 0 atom stereocenters. The van der Waals surface area contributed by atoms with Crippen LogP contribution in [0.2, 0.25) is 0 Å². The monoisotopic (exact) mass is 233 g/mol. The number of rotatable bonds is 3. The van der Waals surface area contributed by atoms with Crippen LogP contribution in [0.5, 0.6) is 0 Å². The van der Waals surface area contributed by atoms with Crippen molar-refractivity contribution in [3.05, 3.63) is 47.7 Å². The summed E-state index contributed by atoms with van der Waals surface area (Å²) in [5.74, 6) is -0.964. The van der Waals surface area contributed by atoms with Gasteiger partial charge in [-0.3, -0.25) is 0 Å².